The summed E-state index contributed by atoms with van der Waals surface area (Å²) in [5.74, 6) is -1.04. The quantitative estimate of drug-likeness (QED) is 0.795. The van der Waals surface area contributed by atoms with Crippen LogP contribution in [0.5, 0.6) is 5.75 Å². The van der Waals surface area contributed by atoms with Gasteiger partial charge in [0.15, 0.2) is 0 Å². The molecule has 0 radical (unpaired) electrons. The Morgan fingerprint density at radius 3 is 2.58 bits per heavy atom. The zero-order valence-electron chi connectivity index (χ0n) is 10.2. The zero-order valence-corrected chi connectivity index (χ0v) is 10.2. The van der Waals surface area contributed by atoms with Gasteiger partial charge in [-0.25, -0.2) is 4.99 Å². The average molecular weight is 260 g/mol. The lowest BCUT2D eigenvalue weighted by Gasteiger charge is -2.11. The van der Waals surface area contributed by atoms with Crippen molar-refractivity contribution in [1.29, 1.82) is 0 Å². The second-order valence-corrected chi connectivity index (χ2v) is 4.07. The molecule has 0 saturated heterocycles. The van der Waals surface area contributed by atoms with Crippen molar-refractivity contribution in [2.24, 2.45) is 4.99 Å². The lowest BCUT2D eigenvalue weighted by molar-refractivity contribution is -0.140. The molecule has 1 aliphatic rings. The Balaban J connectivity index is 2.25. The molecule has 0 atom stereocenters. The van der Waals surface area contributed by atoms with Crippen molar-refractivity contribution in [3.63, 3.8) is 0 Å². The van der Waals surface area contributed by atoms with E-state index < -0.39 is 18.4 Å². The number of hydrogen-bond acceptors (Lipinski definition) is 4. The Hall–Kier alpha value is -2.63. The third-order valence-corrected chi connectivity index (χ3v) is 2.63. The molecule has 1 aromatic carbocycles. The molecule has 0 spiro atoms. The predicted molar refractivity (Wildman–Crippen MR) is 68.5 cm³/mol. The number of carboxylic acid groups (broad SMARTS) is 1. The first-order chi connectivity index (χ1) is 8.97. The Bertz CT molecular complexity index is 587. The Labute approximate surface area is 109 Å². The second-order valence-electron chi connectivity index (χ2n) is 4.07. The van der Waals surface area contributed by atoms with Crippen LogP contribution in [-0.4, -0.2) is 39.4 Å². The van der Waals surface area contributed by atoms with Crippen molar-refractivity contribution in [2.45, 2.75) is 6.92 Å². The number of amides is 1. The number of aliphatic imine (C=N–C) groups is 1. The number of aromatic hydroxyl groups is 1. The topological polar surface area (TPSA) is 90.2 Å². The van der Waals surface area contributed by atoms with Crippen LogP contribution in [0.1, 0.15) is 12.5 Å². The standard InChI is InChI=1S/C13H12N2O4/c1-8-14-11(13(19)15(8)7-12(17)18)6-9-2-4-10(16)5-3-9/h2-6,16H,7H2,1H3,(H,17,18)/b11-6-. The maximum Gasteiger partial charge on any atom is 0.323 e. The van der Waals surface area contributed by atoms with E-state index in [2.05, 4.69) is 4.99 Å². The van der Waals surface area contributed by atoms with Crippen LogP contribution in [-0.2, 0) is 9.59 Å². The summed E-state index contributed by atoms with van der Waals surface area (Å²) in [7, 11) is 0. The van der Waals surface area contributed by atoms with Gasteiger partial charge in [0, 0.05) is 0 Å². The van der Waals surface area contributed by atoms with Crippen LogP contribution < -0.4 is 0 Å². The van der Waals surface area contributed by atoms with Gasteiger partial charge in [-0.3, -0.25) is 14.5 Å². The minimum absolute atomic E-state index is 0.132. The van der Waals surface area contributed by atoms with Crippen LogP contribution in [0.15, 0.2) is 35.0 Å². The molecule has 1 aliphatic heterocycles. The van der Waals surface area contributed by atoms with Crippen molar-refractivity contribution >= 4 is 23.8 Å². The number of amidine groups is 1. The number of hydrogen-bond donors (Lipinski definition) is 2. The number of rotatable bonds is 3. The summed E-state index contributed by atoms with van der Waals surface area (Å²) in [6.07, 6.45) is 1.55. The third-order valence-electron chi connectivity index (χ3n) is 2.63. The molecule has 2 N–H and O–H groups in total. The summed E-state index contributed by atoms with van der Waals surface area (Å²) in [5, 5.41) is 17.9. The van der Waals surface area contributed by atoms with E-state index >= 15 is 0 Å². The summed E-state index contributed by atoms with van der Waals surface area (Å²) in [6.45, 7) is 1.18. The van der Waals surface area contributed by atoms with Gasteiger partial charge in [-0.15, -0.1) is 0 Å². The highest BCUT2D eigenvalue weighted by molar-refractivity contribution is 6.14. The lowest BCUT2D eigenvalue weighted by Crippen LogP contribution is -2.35. The number of carboxylic acids is 1. The molecule has 0 aliphatic carbocycles. The van der Waals surface area contributed by atoms with Crippen LogP contribution >= 0.6 is 0 Å². The number of phenolic OH excluding ortho intramolecular Hbond substituents is 1. The van der Waals surface area contributed by atoms with Crippen LogP contribution in [0.3, 0.4) is 0 Å². The first-order valence-corrected chi connectivity index (χ1v) is 5.57. The molecule has 0 aromatic heterocycles. The number of benzene rings is 1. The molecule has 98 valence electrons. The summed E-state index contributed by atoms with van der Waals surface area (Å²) >= 11 is 0. The van der Waals surface area contributed by atoms with E-state index in [-0.39, 0.29) is 11.4 Å². The normalized spacial score (nSPS) is 16.9. The highest BCUT2D eigenvalue weighted by Crippen LogP contribution is 2.19. The minimum atomic E-state index is -1.09. The van der Waals surface area contributed by atoms with Crippen molar-refractivity contribution in [1.82, 2.24) is 4.90 Å². The van der Waals surface area contributed by atoms with Gasteiger partial charge in [0.05, 0.1) is 0 Å². The fraction of sp³-hybridized carbons (Fsp3) is 0.154. The lowest BCUT2D eigenvalue weighted by atomic mass is 10.2. The Morgan fingerprint density at radius 1 is 1.37 bits per heavy atom. The van der Waals surface area contributed by atoms with Crippen LogP contribution in [0.2, 0.25) is 0 Å². The number of carbonyl (C=O) groups is 2. The molecule has 1 aromatic rings. The van der Waals surface area contributed by atoms with Crippen LogP contribution in [0, 0.1) is 0 Å². The van der Waals surface area contributed by atoms with Crippen LogP contribution in [0.25, 0.3) is 6.08 Å². The first kappa shape index (κ1) is 12.8. The highest BCUT2D eigenvalue weighted by Gasteiger charge is 2.28. The van der Waals surface area contributed by atoms with Gasteiger partial charge in [-0.1, -0.05) is 12.1 Å². The predicted octanol–water partition coefficient (Wildman–Crippen LogP) is 1.08. The number of carbonyl (C=O) groups excluding carboxylic acids is 1. The third kappa shape index (κ3) is 2.79. The van der Waals surface area contributed by atoms with E-state index in [0.717, 1.165) is 4.90 Å². The summed E-state index contributed by atoms with van der Waals surface area (Å²) in [4.78, 5) is 27.8. The van der Waals surface area contributed by atoms with Gasteiger partial charge in [0.2, 0.25) is 0 Å². The van der Waals surface area contributed by atoms with Gasteiger partial charge >= 0.3 is 5.97 Å². The van der Waals surface area contributed by atoms with Gasteiger partial charge in [-0.2, -0.15) is 0 Å². The fourth-order valence-corrected chi connectivity index (χ4v) is 1.71. The second kappa shape index (κ2) is 4.93. The fourth-order valence-electron chi connectivity index (χ4n) is 1.71. The number of aliphatic carboxylic acids is 1. The van der Waals surface area contributed by atoms with E-state index in [0.29, 0.717) is 11.4 Å². The monoisotopic (exact) mass is 260 g/mol. The van der Waals surface area contributed by atoms with Crippen molar-refractivity contribution in [3.8, 4) is 5.75 Å². The van der Waals surface area contributed by atoms with Gasteiger partial charge in [0.25, 0.3) is 5.91 Å². The van der Waals surface area contributed by atoms with Crippen molar-refractivity contribution < 1.29 is 19.8 Å². The van der Waals surface area contributed by atoms with Gasteiger partial charge < -0.3 is 10.2 Å². The average Bonchev–Trinajstić information content (AvgIpc) is 2.60. The van der Waals surface area contributed by atoms with Crippen molar-refractivity contribution in [2.75, 3.05) is 6.54 Å². The zero-order chi connectivity index (χ0) is 14.0. The molecule has 0 unspecified atom stereocenters. The number of phenols is 1. The first-order valence-electron chi connectivity index (χ1n) is 5.57. The van der Waals surface area contributed by atoms with E-state index in [1.807, 2.05) is 0 Å². The molecule has 19 heavy (non-hydrogen) atoms. The van der Waals surface area contributed by atoms with Crippen LogP contribution in [0.4, 0.5) is 0 Å². The number of nitrogens with zero attached hydrogens (tertiary/aromatic N) is 2. The molecule has 1 heterocycles. The minimum Gasteiger partial charge on any atom is -0.508 e. The Morgan fingerprint density at radius 2 is 2.00 bits per heavy atom. The molecule has 1 amide bonds. The molecule has 6 heteroatoms. The summed E-state index contributed by atoms with van der Waals surface area (Å²) < 4.78 is 0. The Kier molecular flexibility index (Phi) is 3.33. The molecule has 0 fully saturated rings. The SMILES string of the molecule is CC1=N/C(=C\c2ccc(O)cc2)C(=O)N1CC(=O)O. The van der Waals surface area contributed by atoms with E-state index in [9.17, 15) is 9.59 Å². The summed E-state index contributed by atoms with van der Waals surface area (Å²) in [5.41, 5.74) is 0.888. The summed E-state index contributed by atoms with van der Waals surface area (Å²) in [6, 6.07) is 6.27. The molecule has 0 bridgehead atoms. The molecular weight excluding hydrogens is 248 g/mol. The molecular formula is C13H12N2O4. The maximum atomic E-state index is 12.0. The van der Waals surface area contributed by atoms with E-state index in [4.69, 9.17) is 10.2 Å². The van der Waals surface area contributed by atoms with Crippen molar-refractivity contribution in [3.05, 3.63) is 35.5 Å². The van der Waals surface area contributed by atoms with E-state index in [1.54, 1.807) is 25.1 Å². The van der Waals surface area contributed by atoms with Gasteiger partial charge in [0.1, 0.15) is 23.8 Å². The smallest absolute Gasteiger partial charge is 0.323 e. The largest absolute Gasteiger partial charge is 0.508 e. The molecule has 2 rings (SSSR count). The van der Waals surface area contributed by atoms with Gasteiger partial charge in [-0.05, 0) is 30.7 Å². The maximum absolute atomic E-state index is 12.0. The van der Waals surface area contributed by atoms with E-state index in [1.165, 1.54) is 12.1 Å². The molecule has 0 saturated carbocycles. The molecule has 6 nitrogen and oxygen atoms in total. The highest BCUT2D eigenvalue weighted by atomic mass is 16.4.